The first-order valence-corrected chi connectivity index (χ1v) is 5.50. The summed E-state index contributed by atoms with van der Waals surface area (Å²) in [6.07, 6.45) is 0.721. The lowest BCUT2D eigenvalue weighted by Crippen LogP contribution is -2.29. The van der Waals surface area contributed by atoms with Crippen LogP contribution in [-0.2, 0) is 6.42 Å². The number of rotatable bonds is 2. The normalized spacial score (nSPS) is 12.9. The molecule has 4 heteroatoms. The maximum Gasteiger partial charge on any atom is 0.414 e. The fraction of sp³-hybridized carbons (Fsp3) is 0.417. The average molecular weight is 220 g/mol. The van der Waals surface area contributed by atoms with Gasteiger partial charge in [-0.3, -0.25) is 0 Å². The molecule has 0 aromatic heterocycles. The molecule has 0 saturated carbocycles. The van der Waals surface area contributed by atoms with Crippen molar-refractivity contribution in [2.75, 3.05) is 25.5 Å². The van der Waals surface area contributed by atoms with E-state index in [1.165, 1.54) is 10.5 Å². The van der Waals surface area contributed by atoms with E-state index in [0.717, 1.165) is 18.7 Å². The maximum atomic E-state index is 11.5. The Kier molecular flexibility index (Phi) is 2.99. The summed E-state index contributed by atoms with van der Waals surface area (Å²) in [5.74, 6) is 0.596. The van der Waals surface area contributed by atoms with Crippen LogP contribution in [0.1, 0.15) is 12.5 Å². The van der Waals surface area contributed by atoms with Crippen LogP contribution in [0.2, 0.25) is 0 Å². The Morgan fingerprint density at radius 3 is 3.12 bits per heavy atom. The Morgan fingerprint density at radius 2 is 2.38 bits per heavy atom. The number of hydrogen-bond donors (Lipinski definition) is 1. The topological polar surface area (TPSA) is 41.6 Å². The van der Waals surface area contributed by atoms with Crippen molar-refractivity contribution < 1.29 is 9.53 Å². The molecule has 0 spiro atoms. The van der Waals surface area contributed by atoms with Gasteiger partial charge in [-0.2, -0.15) is 0 Å². The third-order valence-electron chi connectivity index (χ3n) is 2.78. The summed E-state index contributed by atoms with van der Waals surface area (Å²) in [5, 5.41) is 3.25. The zero-order valence-electron chi connectivity index (χ0n) is 9.62. The molecule has 2 rings (SSSR count). The van der Waals surface area contributed by atoms with Gasteiger partial charge < -0.3 is 15.0 Å². The second kappa shape index (κ2) is 4.43. The molecule has 1 aromatic rings. The van der Waals surface area contributed by atoms with Crippen LogP contribution < -0.4 is 10.1 Å². The van der Waals surface area contributed by atoms with E-state index in [4.69, 9.17) is 4.74 Å². The van der Waals surface area contributed by atoms with E-state index in [-0.39, 0.29) is 6.09 Å². The molecule has 1 amide bonds. The van der Waals surface area contributed by atoms with Gasteiger partial charge in [-0.05, 0) is 25.0 Å². The third-order valence-corrected chi connectivity index (χ3v) is 2.78. The number of carbonyl (C=O) groups excluding carboxylic acids is 1. The maximum absolute atomic E-state index is 11.5. The zero-order valence-corrected chi connectivity index (χ0v) is 9.62. The zero-order chi connectivity index (χ0) is 11.5. The van der Waals surface area contributed by atoms with Crippen molar-refractivity contribution >= 4 is 11.8 Å². The molecule has 0 unspecified atom stereocenters. The molecule has 1 N–H and O–H groups in total. The van der Waals surface area contributed by atoms with Crippen molar-refractivity contribution in [2.24, 2.45) is 0 Å². The number of benzene rings is 1. The highest BCUT2D eigenvalue weighted by Crippen LogP contribution is 2.27. The smallest absolute Gasteiger partial charge is 0.410 e. The first kappa shape index (κ1) is 10.8. The van der Waals surface area contributed by atoms with Gasteiger partial charge in [0.05, 0.1) is 0 Å². The standard InChI is InChI=1S/C12H16N2O2/c1-3-14(2)12(15)16-10-5-4-9-6-7-13-11(9)8-10/h4-5,8,13H,3,6-7H2,1-2H3. The number of anilines is 1. The van der Waals surface area contributed by atoms with Crippen molar-refractivity contribution in [3.63, 3.8) is 0 Å². The number of carbonyl (C=O) groups is 1. The lowest BCUT2D eigenvalue weighted by atomic mass is 10.1. The Morgan fingerprint density at radius 1 is 1.56 bits per heavy atom. The summed E-state index contributed by atoms with van der Waals surface area (Å²) >= 11 is 0. The fourth-order valence-electron chi connectivity index (χ4n) is 1.64. The molecule has 1 aromatic carbocycles. The van der Waals surface area contributed by atoms with Crippen LogP contribution >= 0.6 is 0 Å². The van der Waals surface area contributed by atoms with Gasteiger partial charge in [0, 0.05) is 31.9 Å². The first-order chi connectivity index (χ1) is 7.70. The van der Waals surface area contributed by atoms with Crippen LogP contribution in [-0.4, -0.2) is 31.1 Å². The summed E-state index contributed by atoms with van der Waals surface area (Å²) in [4.78, 5) is 13.1. The van der Waals surface area contributed by atoms with Gasteiger partial charge >= 0.3 is 6.09 Å². The van der Waals surface area contributed by atoms with E-state index in [0.29, 0.717) is 12.3 Å². The highest BCUT2D eigenvalue weighted by atomic mass is 16.6. The molecular formula is C12H16N2O2. The predicted octanol–water partition coefficient (Wildman–Crippen LogP) is 2.11. The Balaban J connectivity index is 2.08. The molecule has 0 aliphatic carbocycles. The SMILES string of the molecule is CCN(C)C(=O)Oc1ccc2c(c1)NCC2. The van der Waals surface area contributed by atoms with E-state index in [1.807, 2.05) is 25.1 Å². The van der Waals surface area contributed by atoms with Crippen LogP contribution in [0.3, 0.4) is 0 Å². The summed E-state index contributed by atoms with van der Waals surface area (Å²) in [6.45, 7) is 3.51. The van der Waals surface area contributed by atoms with Gasteiger partial charge in [0.1, 0.15) is 5.75 Å². The van der Waals surface area contributed by atoms with E-state index < -0.39 is 0 Å². The number of nitrogens with one attached hydrogen (secondary N) is 1. The predicted molar refractivity (Wildman–Crippen MR) is 63.0 cm³/mol. The number of amides is 1. The molecule has 0 radical (unpaired) electrons. The van der Waals surface area contributed by atoms with Crippen molar-refractivity contribution in [1.82, 2.24) is 4.90 Å². The Labute approximate surface area is 95.2 Å². The van der Waals surface area contributed by atoms with Crippen molar-refractivity contribution in [3.8, 4) is 5.75 Å². The quantitative estimate of drug-likeness (QED) is 0.830. The second-order valence-corrected chi connectivity index (χ2v) is 3.88. The molecule has 4 nitrogen and oxygen atoms in total. The Hall–Kier alpha value is -1.71. The molecule has 0 fully saturated rings. The van der Waals surface area contributed by atoms with Crippen molar-refractivity contribution in [2.45, 2.75) is 13.3 Å². The second-order valence-electron chi connectivity index (χ2n) is 3.88. The molecular weight excluding hydrogens is 204 g/mol. The summed E-state index contributed by atoms with van der Waals surface area (Å²) < 4.78 is 5.24. The van der Waals surface area contributed by atoms with Crippen molar-refractivity contribution in [3.05, 3.63) is 23.8 Å². The van der Waals surface area contributed by atoms with Crippen LogP contribution in [0.15, 0.2) is 18.2 Å². The molecule has 1 aliphatic heterocycles. The number of ether oxygens (including phenoxy) is 1. The fourth-order valence-corrected chi connectivity index (χ4v) is 1.64. The minimum atomic E-state index is -0.319. The minimum Gasteiger partial charge on any atom is -0.410 e. The summed E-state index contributed by atoms with van der Waals surface area (Å²) in [7, 11) is 1.72. The molecule has 0 bridgehead atoms. The third kappa shape index (κ3) is 2.10. The lowest BCUT2D eigenvalue weighted by molar-refractivity contribution is 0.165. The molecule has 0 saturated heterocycles. The molecule has 16 heavy (non-hydrogen) atoms. The number of nitrogens with zero attached hydrogens (tertiary/aromatic N) is 1. The average Bonchev–Trinajstić information content (AvgIpc) is 2.75. The number of hydrogen-bond acceptors (Lipinski definition) is 3. The van der Waals surface area contributed by atoms with Gasteiger partial charge in [-0.15, -0.1) is 0 Å². The number of fused-ring (bicyclic) bond motifs is 1. The Bertz CT molecular complexity index is 404. The summed E-state index contributed by atoms with van der Waals surface area (Å²) in [5.41, 5.74) is 2.35. The highest BCUT2D eigenvalue weighted by molar-refractivity contribution is 5.71. The van der Waals surface area contributed by atoms with Gasteiger partial charge in [-0.1, -0.05) is 6.07 Å². The van der Waals surface area contributed by atoms with E-state index >= 15 is 0 Å². The molecule has 1 aliphatic rings. The van der Waals surface area contributed by atoms with Crippen LogP contribution in [0.25, 0.3) is 0 Å². The molecule has 1 heterocycles. The van der Waals surface area contributed by atoms with Crippen LogP contribution in [0.4, 0.5) is 10.5 Å². The van der Waals surface area contributed by atoms with Gasteiger partial charge in [-0.25, -0.2) is 4.79 Å². The van der Waals surface area contributed by atoms with E-state index in [9.17, 15) is 4.79 Å². The lowest BCUT2D eigenvalue weighted by Gasteiger charge is -2.14. The molecule has 86 valence electrons. The minimum absolute atomic E-state index is 0.319. The van der Waals surface area contributed by atoms with Crippen LogP contribution in [0.5, 0.6) is 5.75 Å². The van der Waals surface area contributed by atoms with Crippen LogP contribution in [0, 0.1) is 0 Å². The molecule has 0 atom stereocenters. The van der Waals surface area contributed by atoms with Gasteiger partial charge in [0.25, 0.3) is 0 Å². The van der Waals surface area contributed by atoms with E-state index in [1.54, 1.807) is 7.05 Å². The van der Waals surface area contributed by atoms with E-state index in [2.05, 4.69) is 5.32 Å². The first-order valence-electron chi connectivity index (χ1n) is 5.50. The monoisotopic (exact) mass is 220 g/mol. The highest BCUT2D eigenvalue weighted by Gasteiger charge is 2.13. The van der Waals surface area contributed by atoms with Crippen molar-refractivity contribution in [1.29, 1.82) is 0 Å². The van der Waals surface area contributed by atoms with Gasteiger partial charge in [0.2, 0.25) is 0 Å². The largest absolute Gasteiger partial charge is 0.414 e. The van der Waals surface area contributed by atoms with Gasteiger partial charge in [0.15, 0.2) is 0 Å². The summed E-state index contributed by atoms with van der Waals surface area (Å²) in [6, 6.07) is 5.72.